The van der Waals surface area contributed by atoms with Gasteiger partial charge < -0.3 is 5.32 Å². The van der Waals surface area contributed by atoms with Gasteiger partial charge in [-0.15, -0.1) is 0 Å². The third-order valence-corrected chi connectivity index (χ3v) is 3.57. The molecule has 0 heterocycles. The number of anilines is 1. The number of hydrogen-bond donors (Lipinski definition) is 1. The molecule has 2 unspecified atom stereocenters. The van der Waals surface area contributed by atoms with Crippen molar-refractivity contribution in [1.29, 1.82) is 10.5 Å². The molecule has 2 rings (SSSR count). The lowest BCUT2D eigenvalue weighted by Crippen LogP contribution is -2.26. The Kier molecular flexibility index (Phi) is 3.85. The van der Waals surface area contributed by atoms with Crippen molar-refractivity contribution >= 4 is 5.69 Å². The van der Waals surface area contributed by atoms with E-state index < -0.39 is 0 Å². The molecule has 0 aromatic heterocycles. The zero-order chi connectivity index (χ0) is 13.0. The lowest BCUT2D eigenvalue weighted by atomic mass is 9.87. The quantitative estimate of drug-likeness (QED) is 0.860. The minimum absolute atomic E-state index is 0.445. The highest BCUT2D eigenvalue weighted by Crippen LogP contribution is 2.26. The summed E-state index contributed by atoms with van der Waals surface area (Å²) in [6.07, 6.45) is 4.95. The van der Waals surface area contributed by atoms with E-state index in [1.807, 2.05) is 12.1 Å². The highest BCUT2D eigenvalue weighted by Gasteiger charge is 2.18. The molecule has 1 aromatic rings. The molecule has 0 saturated heterocycles. The molecule has 0 amide bonds. The smallest absolute Gasteiger partial charge is 0.101 e. The Hall–Kier alpha value is -2.00. The fourth-order valence-electron chi connectivity index (χ4n) is 2.62. The molecule has 0 bridgehead atoms. The van der Waals surface area contributed by atoms with Crippen molar-refractivity contribution < 1.29 is 0 Å². The van der Waals surface area contributed by atoms with Crippen LogP contribution in [-0.4, -0.2) is 6.04 Å². The molecule has 1 saturated carbocycles. The summed E-state index contributed by atoms with van der Waals surface area (Å²) in [5, 5.41) is 21.3. The van der Waals surface area contributed by atoms with Crippen molar-refractivity contribution in [2.75, 3.05) is 5.32 Å². The number of nitrogens with one attached hydrogen (secondary N) is 1. The van der Waals surface area contributed by atoms with E-state index >= 15 is 0 Å². The molecule has 0 spiro atoms. The first-order chi connectivity index (χ1) is 8.72. The van der Waals surface area contributed by atoms with Crippen molar-refractivity contribution in [2.45, 2.75) is 38.6 Å². The molecule has 1 N–H and O–H groups in total. The molecule has 2 atom stereocenters. The highest BCUT2D eigenvalue weighted by molar-refractivity contribution is 5.56. The van der Waals surface area contributed by atoms with E-state index in [9.17, 15) is 0 Å². The van der Waals surface area contributed by atoms with Crippen LogP contribution in [0.4, 0.5) is 5.69 Å². The largest absolute Gasteiger partial charge is 0.382 e. The van der Waals surface area contributed by atoms with Crippen molar-refractivity contribution in [2.24, 2.45) is 5.92 Å². The number of benzene rings is 1. The van der Waals surface area contributed by atoms with Crippen molar-refractivity contribution in [3.05, 3.63) is 29.3 Å². The van der Waals surface area contributed by atoms with Crippen LogP contribution in [0.1, 0.15) is 43.7 Å². The molecule has 1 aliphatic carbocycles. The fourth-order valence-corrected chi connectivity index (χ4v) is 2.62. The molecular weight excluding hydrogens is 222 g/mol. The Labute approximate surface area is 108 Å². The summed E-state index contributed by atoms with van der Waals surface area (Å²) in [5.74, 6) is 0.769. The molecule has 1 aliphatic rings. The maximum atomic E-state index is 8.99. The molecule has 1 aromatic carbocycles. The Morgan fingerprint density at radius 3 is 2.61 bits per heavy atom. The third kappa shape index (κ3) is 2.81. The highest BCUT2D eigenvalue weighted by atomic mass is 14.9. The van der Waals surface area contributed by atoms with Crippen LogP contribution in [0.25, 0.3) is 0 Å². The predicted octanol–water partition coefficient (Wildman–Crippen LogP) is 3.42. The van der Waals surface area contributed by atoms with Gasteiger partial charge >= 0.3 is 0 Å². The zero-order valence-electron chi connectivity index (χ0n) is 10.6. The van der Waals surface area contributed by atoms with Crippen LogP contribution < -0.4 is 5.32 Å². The minimum atomic E-state index is 0.445. The fraction of sp³-hybridized carbons (Fsp3) is 0.467. The second kappa shape index (κ2) is 5.56. The topological polar surface area (TPSA) is 59.6 Å². The Morgan fingerprint density at radius 1 is 1.17 bits per heavy atom. The summed E-state index contributed by atoms with van der Waals surface area (Å²) >= 11 is 0. The first-order valence-electron chi connectivity index (χ1n) is 6.43. The minimum Gasteiger partial charge on any atom is -0.382 e. The van der Waals surface area contributed by atoms with Gasteiger partial charge in [0.25, 0.3) is 0 Å². The summed E-state index contributed by atoms with van der Waals surface area (Å²) in [7, 11) is 0. The number of nitrogens with zero attached hydrogens (tertiary/aromatic N) is 2. The van der Waals surface area contributed by atoms with E-state index in [0.29, 0.717) is 17.2 Å². The molecule has 1 fully saturated rings. The number of hydrogen-bond acceptors (Lipinski definition) is 3. The molecule has 3 nitrogen and oxygen atoms in total. The SMILES string of the molecule is CC1CCCC(Nc2ccc(C#N)c(C#N)c2)C1. The average molecular weight is 239 g/mol. The van der Waals surface area contributed by atoms with Gasteiger partial charge in [-0.05, 0) is 37.0 Å². The van der Waals surface area contributed by atoms with Crippen LogP contribution in [0.2, 0.25) is 0 Å². The van der Waals surface area contributed by atoms with E-state index in [-0.39, 0.29) is 0 Å². The summed E-state index contributed by atoms with van der Waals surface area (Å²) in [6.45, 7) is 2.29. The molecule has 18 heavy (non-hydrogen) atoms. The standard InChI is InChI=1S/C15H17N3/c1-11-3-2-4-14(7-11)18-15-6-5-12(9-16)13(8-15)10-17/h5-6,8,11,14,18H,2-4,7H2,1H3. The monoisotopic (exact) mass is 239 g/mol. The van der Waals surface area contributed by atoms with Gasteiger partial charge in [0, 0.05) is 11.7 Å². The van der Waals surface area contributed by atoms with Gasteiger partial charge in [0.05, 0.1) is 11.1 Å². The Morgan fingerprint density at radius 2 is 1.94 bits per heavy atom. The van der Waals surface area contributed by atoms with Gasteiger partial charge in [-0.2, -0.15) is 10.5 Å². The second-order valence-electron chi connectivity index (χ2n) is 5.10. The van der Waals surface area contributed by atoms with Crippen molar-refractivity contribution in [3.8, 4) is 12.1 Å². The number of nitriles is 2. The molecule has 92 valence electrons. The van der Waals surface area contributed by atoms with E-state index in [0.717, 1.165) is 11.6 Å². The maximum absolute atomic E-state index is 8.99. The van der Waals surface area contributed by atoms with Crippen molar-refractivity contribution in [3.63, 3.8) is 0 Å². The lowest BCUT2D eigenvalue weighted by Gasteiger charge is -2.28. The van der Waals surface area contributed by atoms with E-state index in [1.54, 1.807) is 12.1 Å². The summed E-state index contributed by atoms with van der Waals surface area (Å²) in [5.41, 5.74) is 1.84. The van der Waals surface area contributed by atoms with Gasteiger partial charge in [-0.3, -0.25) is 0 Å². The molecule has 0 radical (unpaired) electrons. The predicted molar refractivity (Wildman–Crippen MR) is 70.9 cm³/mol. The molecule has 0 aliphatic heterocycles. The Bertz CT molecular complexity index is 507. The van der Waals surface area contributed by atoms with Gasteiger partial charge in [-0.25, -0.2) is 0 Å². The summed E-state index contributed by atoms with van der Waals surface area (Å²) in [4.78, 5) is 0. The summed E-state index contributed by atoms with van der Waals surface area (Å²) < 4.78 is 0. The van der Waals surface area contributed by atoms with Gasteiger partial charge in [0.15, 0.2) is 0 Å². The van der Waals surface area contributed by atoms with Crippen LogP contribution in [0.3, 0.4) is 0 Å². The Balaban J connectivity index is 2.10. The maximum Gasteiger partial charge on any atom is 0.101 e. The zero-order valence-corrected chi connectivity index (χ0v) is 10.6. The van der Waals surface area contributed by atoms with E-state index in [1.165, 1.54) is 25.7 Å². The molecule has 3 heteroatoms. The van der Waals surface area contributed by atoms with Crippen LogP contribution in [-0.2, 0) is 0 Å². The van der Waals surface area contributed by atoms with Crippen LogP contribution in [0.5, 0.6) is 0 Å². The van der Waals surface area contributed by atoms with Gasteiger partial charge in [0.1, 0.15) is 12.1 Å². The molecular formula is C15H17N3. The lowest BCUT2D eigenvalue weighted by molar-refractivity contribution is 0.358. The number of rotatable bonds is 2. The van der Waals surface area contributed by atoms with Crippen LogP contribution in [0.15, 0.2) is 18.2 Å². The first kappa shape index (κ1) is 12.5. The van der Waals surface area contributed by atoms with Crippen molar-refractivity contribution in [1.82, 2.24) is 0 Å². The van der Waals surface area contributed by atoms with Gasteiger partial charge in [0.2, 0.25) is 0 Å². The van der Waals surface area contributed by atoms with Crippen LogP contribution in [0, 0.1) is 28.6 Å². The second-order valence-corrected chi connectivity index (χ2v) is 5.10. The van der Waals surface area contributed by atoms with E-state index in [2.05, 4.69) is 18.3 Å². The summed E-state index contributed by atoms with van der Waals surface area (Å²) in [6, 6.07) is 9.98. The third-order valence-electron chi connectivity index (χ3n) is 3.57. The normalized spacial score (nSPS) is 22.8. The average Bonchev–Trinajstić information content (AvgIpc) is 2.38. The van der Waals surface area contributed by atoms with E-state index in [4.69, 9.17) is 10.5 Å². The van der Waals surface area contributed by atoms with Gasteiger partial charge in [-0.1, -0.05) is 19.8 Å². The van der Waals surface area contributed by atoms with Crippen LogP contribution >= 0.6 is 0 Å². The first-order valence-corrected chi connectivity index (χ1v) is 6.43.